The van der Waals surface area contributed by atoms with Crippen LogP contribution in [0.2, 0.25) is 0 Å². The zero-order chi connectivity index (χ0) is 8.20. The summed E-state index contributed by atoms with van der Waals surface area (Å²) in [5.41, 5.74) is 0. The molecule has 0 unspecified atom stereocenters. The van der Waals surface area contributed by atoms with Crippen molar-refractivity contribution in [2.75, 3.05) is 13.2 Å². The number of aliphatic hydroxyl groups is 2. The first kappa shape index (κ1) is 30.8. The first-order valence-electron chi connectivity index (χ1n) is 2.41. The second-order valence-electron chi connectivity index (χ2n) is 1.54. The minimum atomic E-state index is -5.07. The third-order valence-electron chi connectivity index (χ3n) is 0.685. The average molecular weight is 291 g/mol. The van der Waals surface area contributed by atoms with Crippen LogP contribution in [0.5, 0.6) is 0 Å². The van der Waals surface area contributed by atoms with Gasteiger partial charge in [-0.3, -0.25) is 0 Å². The topological polar surface area (TPSA) is 113 Å². The number of aliphatic hydroxyl groups excluding tert-OH is 2. The van der Waals surface area contributed by atoms with Crippen LogP contribution in [-0.2, 0) is 9.09 Å². The zero-order valence-electron chi connectivity index (χ0n) is 8.34. The summed E-state index contributed by atoms with van der Waals surface area (Å²) >= 11 is 0. The van der Waals surface area contributed by atoms with Gasteiger partial charge in [-0.1, -0.05) is 0 Å². The van der Waals surface area contributed by atoms with Crippen LogP contribution < -0.4 is 133 Å². The van der Waals surface area contributed by atoms with E-state index in [0.717, 1.165) is 0 Å². The van der Waals surface area contributed by atoms with Gasteiger partial charge in [-0.25, -0.2) is 0 Å². The minimum Gasteiger partial charge on any atom is -1.00 e. The van der Waals surface area contributed by atoms with Gasteiger partial charge in [0.2, 0.25) is 0 Å². The van der Waals surface area contributed by atoms with E-state index >= 15 is 0 Å². The predicted octanol–water partition coefficient (Wildman–Crippen LogP) is -14.8. The minimum absolute atomic E-state index is 0. The van der Waals surface area contributed by atoms with E-state index in [9.17, 15) is 14.4 Å². The Labute approximate surface area is 175 Å². The molecule has 0 aromatic heterocycles. The molecular formula is C3H7ClKNa2O6P. The molecule has 14 heavy (non-hydrogen) atoms. The monoisotopic (exact) mass is 290 g/mol. The van der Waals surface area contributed by atoms with Crippen LogP contribution in [0.4, 0.5) is 0 Å². The van der Waals surface area contributed by atoms with Crippen molar-refractivity contribution in [2.24, 2.45) is 0 Å². The van der Waals surface area contributed by atoms with Crippen molar-refractivity contribution in [2.45, 2.75) is 6.10 Å². The van der Waals surface area contributed by atoms with Crippen LogP contribution in [0.25, 0.3) is 0 Å². The van der Waals surface area contributed by atoms with Gasteiger partial charge in [0.1, 0.15) is 6.10 Å². The Bertz CT molecular complexity index is 143. The van der Waals surface area contributed by atoms with Gasteiger partial charge in [-0.2, -0.15) is 0 Å². The number of hydrogen-bond acceptors (Lipinski definition) is 6. The normalized spacial score (nSPS) is 8.93. The second kappa shape index (κ2) is 17.0. The van der Waals surface area contributed by atoms with Crippen molar-refractivity contribution >= 4 is 7.82 Å². The fraction of sp³-hybridized carbons (Fsp3) is 1.00. The first-order chi connectivity index (χ1) is 4.49. The summed E-state index contributed by atoms with van der Waals surface area (Å²) in [5.74, 6) is 0. The molecule has 70 valence electrons. The second-order valence-corrected chi connectivity index (χ2v) is 2.65. The summed E-state index contributed by atoms with van der Waals surface area (Å²) < 4.78 is 13.5. The quantitative estimate of drug-likeness (QED) is 0.393. The number of phosphoric ester groups is 1. The molecule has 0 spiro atoms. The summed E-state index contributed by atoms with van der Waals surface area (Å²) in [6, 6.07) is 0. The number of hydrogen-bond donors (Lipinski definition) is 2. The van der Waals surface area contributed by atoms with Crippen molar-refractivity contribution in [3.63, 3.8) is 0 Å². The zero-order valence-corrected chi connectivity index (χ0v) is 17.1. The Morgan fingerprint density at radius 3 is 1.57 bits per heavy atom. The fourth-order valence-electron chi connectivity index (χ4n) is 0.307. The molecule has 0 amide bonds. The molecule has 11 heteroatoms. The van der Waals surface area contributed by atoms with Crippen LogP contribution in [-0.4, -0.2) is 29.5 Å². The van der Waals surface area contributed by atoms with Crippen molar-refractivity contribution in [1.82, 2.24) is 0 Å². The van der Waals surface area contributed by atoms with Gasteiger partial charge in [0.25, 0.3) is 0 Å². The van der Waals surface area contributed by atoms with Gasteiger partial charge < -0.3 is 41.5 Å². The van der Waals surface area contributed by atoms with Crippen LogP contribution in [0.3, 0.4) is 0 Å². The van der Waals surface area contributed by atoms with E-state index in [2.05, 4.69) is 4.52 Å². The molecule has 0 rings (SSSR count). The summed E-state index contributed by atoms with van der Waals surface area (Å²) in [6.45, 7) is -1.41. The van der Waals surface area contributed by atoms with Crippen molar-refractivity contribution < 1.29 is 152 Å². The molecule has 2 N–H and O–H groups in total. The van der Waals surface area contributed by atoms with Gasteiger partial charge in [-0.15, -0.1) is 0 Å². The molecule has 6 nitrogen and oxygen atoms in total. The van der Waals surface area contributed by atoms with Crippen molar-refractivity contribution in [3.8, 4) is 0 Å². The molecule has 0 aromatic carbocycles. The molecule has 0 atom stereocenters. The molecule has 0 bridgehead atoms. The van der Waals surface area contributed by atoms with E-state index in [1.165, 1.54) is 0 Å². The Hall–Kier alpha value is 3.96. The maximum absolute atomic E-state index is 9.79. The predicted molar refractivity (Wildman–Crippen MR) is 26.7 cm³/mol. The van der Waals surface area contributed by atoms with Gasteiger partial charge in [0.15, 0.2) is 0 Å². The standard InChI is InChI=1S/C3H9O6P.ClH.K.2Na/c4-1-3(2-5)9-10(6,7)8;;;;/h3-5H,1-2H2,(H2,6,7,8);1H;;;/q;;3*+1/p-3. The van der Waals surface area contributed by atoms with E-state index in [0.29, 0.717) is 0 Å². The average Bonchev–Trinajstić information content (AvgIpc) is 1.81. The number of halogens is 1. The molecule has 0 fully saturated rings. The first-order valence-corrected chi connectivity index (χ1v) is 3.88. The van der Waals surface area contributed by atoms with E-state index in [4.69, 9.17) is 10.2 Å². The summed E-state index contributed by atoms with van der Waals surface area (Å²) in [6.07, 6.45) is -1.33. The Morgan fingerprint density at radius 2 is 1.50 bits per heavy atom. The SMILES string of the molecule is O=P([O-])([O-])OC(CO)CO.[Cl-].[K+].[Na+].[Na+]. The van der Waals surface area contributed by atoms with Gasteiger partial charge in [-0.05, 0) is 0 Å². The fourth-order valence-corrected chi connectivity index (χ4v) is 0.805. The van der Waals surface area contributed by atoms with Gasteiger partial charge in [0, 0.05) is 0 Å². The van der Waals surface area contributed by atoms with Crippen LogP contribution in [0, 0.1) is 0 Å². The molecular weight excluding hydrogens is 284 g/mol. The Morgan fingerprint density at radius 1 is 1.21 bits per heavy atom. The maximum Gasteiger partial charge on any atom is 1.00 e. The van der Waals surface area contributed by atoms with E-state index < -0.39 is 27.1 Å². The van der Waals surface area contributed by atoms with Crippen LogP contribution >= 0.6 is 7.82 Å². The summed E-state index contributed by atoms with van der Waals surface area (Å²) in [5, 5.41) is 16.4. The smallest absolute Gasteiger partial charge is 1.00 e. The Balaban J connectivity index is -0.0000000675. The molecule has 0 radical (unpaired) electrons. The van der Waals surface area contributed by atoms with Crippen molar-refractivity contribution in [1.29, 1.82) is 0 Å². The number of phosphoric acid groups is 1. The molecule has 0 aliphatic rings. The van der Waals surface area contributed by atoms with E-state index in [1.54, 1.807) is 0 Å². The molecule has 0 aliphatic heterocycles. The van der Waals surface area contributed by atoms with E-state index in [-0.39, 0.29) is 123 Å². The maximum atomic E-state index is 9.79. The van der Waals surface area contributed by atoms with E-state index in [1.807, 2.05) is 0 Å². The van der Waals surface area contributed by atoms with Crippen molar-refractivity contribution in [3.05, 3.63) is 0 Å². The summed E-state index contributed by atoms with van der Waals surface area (Å²) in [4.78, 5) is 19.6. The molecule has 0 saturated carbocycles. The molecule has 0 aromatic rings. The molecule has 0 saturated heterocycles. The molecule has 0 heterocycles. The number of rotatable bonds is 4. The van der Waals surface area contributed by atoms with Gasteiger partial charge in [0.05, 0.1) is 21.0 Å². The van der Waals surface area contributed by atoms with Crippen LogP contribution in [0.15, 0.2) is 0 Å². The van der Waals surface area contributed by atoms with Gasteiger partial charge >= 0.3 is 110 Å². The largest absolute Gasteiger partial charge is 1.00 e. The molecule has 0 aliphatic carbocycles. The third-order valence-corrected chi connectivity index (χ3v) is 1.24. The Kier molecular flexibility index (Phi) is 37.2. The van der Waals surface area contributed by atoms with Crippen LogP contribution in [0.1, 0.15) is 0 Å². The third kappa shape index (κ3) is 21.3. The summed E-state index contributed by atoms with van der Waals surface area (Å²) in [7, 11) is -5.07.